The van der Waals surface area contributed by atoms with Gasteiger partial charge in [0.25, 0.3) is 0 Å². The molecule has 0 saturated heterocycles. The van der Waals surface area contributed by atoms with Gasteiger partial charge in [-0.05, 0) is 74.2 Å². The molecule has 0 amide bonds. The number of halogens is 2. The fourth-order valence-corrected chi connectivity index (χ4v) is 4.64. The molecule has 2 saturated carbocycles. The summed E-state index contributed by atoms with van der Waals surface area (Å²) in [7, 11) is 2.09. The van der Waals surface area contributed by atoms with Crippen LogP contribution in [0.1, 0.15) is 36.4 Å². The Morgan fingerprint density at radius 1 is 1.11 bits per heavy atom. The van der Waals surface area contributed by atoms with Crippen LogP contribution in [-0.2, 0) is 0 Å². The molecule has 0 aromatic heterocycles. The van der Waals surface area contributed by atoms with Gasteiger partial charge in [0.05, 0.1) is 0 Å². The SMILES string of the molecule is CNC(c1cc(Br)c(C)cc1Br)C1CC2CC2C1. The lowest BCUT2D eigenvalue weighted by Crippen LogP contribution is -2.25. The van der Waals surface area contributed by atoms with Crippen molar-refractivity contribution in [2.45, 2.75) is 32.2 Å². The fraction of sp³-hybridized carbons (Fsp3) is 0.600. The summed E-state index contributed by atoms with van der Waals surface area (Å²) in [6, 6.07) is 4.99. The number of hydrogen-bond donors (Lipinski definition) is 1. The predicted molar refractivity (Wildman–Crippen MR) is 82.7 cm³/mol. The van der Waals surface area contributed by atoms with Crippen molar-refractivity contribution < 1.29 is 0 Å². The summed E-state index contributed by atoms with van der Waals surface area (Å²) >= 11 is 7.39. The molecule has 1 aromatic rings. The molecule has 3 unspecified atom stereocenters. The zero-order valence-corrected chi connectivity index (χ0v) is 14.0. The summed E-state index contributed by atoms with van der Waals surface area (Å²) in [5.74, 6) is 2.89. The second-order valence-electron chi connectivity index (χ2n) is 5.88. The van der Waals surface area contributed by atoms with E-state index in [4.69, 9.17) is 0 Å². The summed E-state index contributed by atoms with van der Waals surface area (Å²) in [6.45, 7) is 2.14. The van der Waals surface area contributed by atoms with Gasteiger partial charge in [-0.25, -0.2) is 0 Å². The maximum absolute atomic E-state index is 3.74. The Bertz CT molecular complexity index is 462. The van der Waals surface area contributed by atoms with Gasteiger partial charge in [0.1, 0.15) is 0 Å². The first-order valence-electron chi connectivity index (χ1n) is 6.73. The van der Waals surface area contributed by atoms with E-state index < -0.39 is 0 Å². The van der Waals surface area contributed by atoms with E-state index >= 15 is 0 Å². The van der Waals surface area contributed by atoms with Crippen LogP contribution in [-0.4, -0.2) is 7.05 Å². The topological polar surface area (TPSA) is 12.0 Å². The van der Waals surface area contributed by atoms with Crippen molar-refractivity contribution in [3.05, 3.63) is 32.2 Å². The molecular formula is C15H19Br2N. The number of benzene rings is 1. The van der Waals surface area contributed by atoms with Crippen LogP contribution in [0.4, 0.5) is 0 Å². The third kappa shape index (κ3) is 2.30. The van der Waals surface area contributed by atoms with Crippen molar-refractivity contribution in [3.63, 3.8) is 0 Å². The van der Waals surface area contributed by atoms with E-state index in [9.17, 15) is 0 Å². The second kappa shape index (κ2) is 4.92. The second-order valence-corrected chi connectivity index (χ2v) is 7.59. The van der Waals surface area contributed by atoms with Gasteiger partial charge in [0.2, 0.25) is 0 Å². The van der Waals surface area contributed by atoms with Gasteiger partial charge in [-0.3, -0.25) is 0 Å². The molecule has 0 aliphatic heterocycles. The van der Waals surface area contributed by atoms with Gasteiger partial charge in [-0.15, -0.1) is 0 Å². The zero-order chi connectivity index (χ0) is 12.9. The first-order valence-corrected chi connectivity index (χ1v) is 8.31. The van der Waals surface area contributed by atoms with Crippen LogP contribution in [0, 0.1) is 24.7 Å². The average molecular weight is 373 g/mol. The van der Waals surface area contributed by atoms with E-state index in [1.165, 1.54) is 39.3 Å². The van der Waals surface area contributed by atoms with E-state index in [1.807, 2.05) is 0 Å². The van der Waals surface area contributed by atoms with E-state index in [1.54, 1.807) is 0 Å². The Balaban J connectivity index is 1.88. The molecule has 1 nitrogen and oxygen atoms in total. The molecule has 0 bridgehead atoms. The lowest BCUT2D eigenvalue weighted by molar-refractivity contribution is 0.358. The Hall–Kier alpha value is 0.140. The van der Waals surface area contributed by atoms with Crippen LogP contribution in [0.3, 0.4) is 0 Å². The largest absolute Gasteiger partial charge is 0.313 e. The fourth-order valence-electron chi connectivity index (χ4n) is 3.58. The average Bonchev–Trinajstić information content (AvgIpc) is 2.94. The standard InChI is InChI=1S/C15H19Br2N/c1-8-3-14(17)12(7-13(8)16)15(18-2)11-5-9-4-10(9)6-11/h3,7,9-11,15,18H,4-6H2,1-2H3. The van der Waals surface area contributed by atoms with Gasteiger partial charge in [-0.1, -0.05) is 31.9 Å². The summed E-state index contributed by atoms with van der Waals surface area (Å²) in [4.78, 5) is 0. The van der Waals surface area contributed by atoms with Crippen LogP contribution in [0.2, 0.25) is 0 Å². The number of fused-ring (bicyclic) bond motifs is 1. The van der Waals surface area contributed by atoms with E-state index in [2.05, 4.69) is 63.3 Å². The minimum Gasteiger partial charge on any atom is -0.313 e. The van der Waals surface area contributed by atoms with Gasteiger partial charge in [0.15, 0.2) is 0 Å². The third-order valence-corrected chi connectivity index (χ3v) is 6.22. The minimum atomic E-state index is 0.490. The smallest absolute Gasteiger partial charge is 0.0358 e. The van der Waals surface area contributed by atoms with Crippen LogP contribution in [0.25, 0.3) is 0 Å². The van der Waals surface area contributed by atoms with Crippen molar-refractivity contribution in [3.8, 4) is 0 Å². The highest BCUT2D eigenvalue weighted by Gasteiger charge is 2.48. The van der Waals surface area contributed by atoms with Crippen molar-refractivity contribution in [2.75, 3.05) is 7.05 Å². The number of hydrogen-bond acceptors (Lipinski definition) is 1. The Labute approximate surface area is 126 Å². The normalized spacial score (nSPS) is 31.2. The van der Waals surface area contributed by atoms with Crippen LogP contribution >= 0.6 is 31.9 Å². The zero-order valence-electron chi connectivity index (χ0n) is 10.8. The molecule has 98 valence electrons. The van der Waals surface area contributed by atoms with E-state index in [-0.39, 0.29) is 0 Å². The Morgan fingerprint density at radius 2 is 1.78 bits per heavy atom. The molecule has 2 aliphatic carbocycles. The van der Waals surface area contributed by atoms with Crippen molar-refractivity contribution >= 4 is 31.9 Å². The van der Waals surface area contributed by atoms with Gasteiger partial charge in [0, 0.05) is 15.0 Å². The highest BCUT2D eigenvalue weighted by atomic mass is 79.9. The summed E-state index contributed by atoms with van der Waals surface area (Å²) in [5.41, 5.74) is 2.69. The number of nitrogens with one attached hydrogen (secondary N) is 1. The molecule has 0 heterocycles. The molecule has 18 heavy (non-hydrogen) atoms. The first kappa shape index (κ1) is 13.1. The molecule has 3 atom stereocenters. The lowest BCUT2D eigenvalue weighted by atomic mass is 9.89. The first-order chi connectivity index (χ1) is 8.60. The monoisotopic (exact) mass is 371 g/mol. The quantitative estimate of drug-likeness (QED) is 0.801. The summed E-state index contributed by atoms with van der Waals surface area (Å²) < 4.78 is 2.45. The van der Waals surface area contributed by atoms with E-state index in [0.29, 0.717) is 6.04 Å². The molecule has 1 aromatic carbocycles. The molecule has 2 aliphatic rings. The van der Waals surface area contributed by atoms with Gasteiger partial charge < -0.3 is 5.32 Å². The van der Waals surface area contributed by atoms with Crippen LogP contribution in [0.15, 0.2) is 21.1 Å². The molecule has 1 N–H and O–H groups in total. The lowest BCUT2D eigenvalue weighted by Gasteiger charge is -2.26. The van der Waals surface area contributed by atoms with Crippen molar-refractivity contribution in [2.24, 2.45) is 17.8 Å². The highest BCUT2D eigenvalue weighted by Crippen LogP contribution is 2.57. The summed E-state index contributed by atoms with van der Waals surface area (Å²) in [6.07, 6.45) is 4.31. The molecule has 0 spiro atoms. The highest BCUT2D eigenvalue weighted by molar-refractivity contribution is 9.11. The Kier molecular flexibility index (Phi) is 3.59. The minimum absolute atomic E-state index is 0.490. The molecule has 3 heteroatoms. The van der Waals surface area contributed by atoms with Gasteiger partial charge >= 0.3 is 0 Å². The van der Waals surface area contributed by atoms with Crippen LogP contribution < -0.4 is 5.32 Å². The maximum atomic E-state index is 3.74. The van der Waals surface area contributed by atoms with Crippen molar-refractivity contribution in [1.29, 1.82) is 0 Å². The number of aryl methyl sites for hydroxylation is 1. The third-order valence-electron chi connectivity index (χ3n) is 4.68. The maximum Gasteiger partial charge on any atom is 0.0358 e. The molecular weight excluding hydrogens is 354 g/mol. The van der Waals surface area contributed by atoms with Gasteiger partial charge in [-0.2, -0.15) is 0 Å². The molecule has 2 fully saturated rings. The number of rotatable bonds is 3. The molecule has 3 rings (SSSR count). The van der Waals surface area contributed by atoms with Crippen molar-refractivity contribution in [1.82, 2.24) is 5.32 Å². The predicted octanol–water partition coefficient (Wildman–Crippen LogP) is 4.83. The summed E-state index contributed by atoms with van der Waals surface area (Å²) in [5, 5.41) is 3.54. The van der Waals surface area contributed by atoms with Crippen LogP contribution in [0.5, 0.6) is 0 Å². The molecule has 0 radical (unpaired) electrons. The van der Waals surface area contributed by atoms with E-state index in [0.717, 1.165) is 17.8 Å². The Morgan fingerprint density at radius 3 is 2.39 bits per heavy atom.